The summed E-state index contributed by atoms with van der Waals surface area (Å²) in [7, 11) is 0. The van der Waals surface area contributed by atoms with Gasteiger partial charge in [-0.3, -0.25) is 9.59 Å². The fourth-order valence-electron chi connectivity index (χ4n) is 4.58. The van der Waals surface area contributed by atoms with Gasteiger partial charge in [-0.15, -0.1) is 0 Å². The molecule has 43 heavy (non-hydrogen) atoms. The lowest BCUT2D eigenvalue weighted by Gasteiger charge is -2.15. The van der Waals surface area contributed by atoms with Gasteiger partial charge in [0.25, 0.3) is 0 Å². The van der Waals surface area contributed by atoms with Crippen molar-refractivity contribution in [2.24, 2.45) is 0 Å². The Morgan fingerprint density at radius 2 is 1.00 bits per heavy atom. The maximum atomic E-state index is 12.1. The molecular formula is C38H64O5. The van der Waals surface area contributed by atoms with E-state index in [1.54, 1.807) is 0 Å². The van der Waals surface area contributed by atoms with Gasteiger partial charge < -0.3 is 14.6 Å². The molecule has 0 aliphatic heterocycles. The molecule has 5 nitrogen and oxygen atoms in total. The van der Waals surface area contributed by atoms with Crippen LogP contribution in [0.3, 0.4) is 0 Å². The topological polar surface area (TPSA) is 72.8 Å². The number of carbonyl (C=O) groups is 2. The summed E-state index contributed by atoms with van der Waals surface area (Å²) in [6, 6.07) is 0. The van der Waals surface area contributed by atoms with E-state index in [-0.39, 0.29) is 31.6 Å². The zero-order valence-corrected chi connectivity index (χ0v) is 27.7. The molecule has 0 bridgehead atoms. The van der Waals surface area contributed by atoms with Gasteiger partial charge in [0.1, 0.15) is 6.61 Å². The number of unbranched alkanes of at least 4 members (excludes halogenated alkanes) is 16. The van der Waals surface area contributed by atoms with Crippen LogP contribution in [-0.4, -0.2) is 36.4 Å². The number of aliphatic hydroxyl groups excluding tert-OH is 1. The maximum Gasteiger partial charge on any atom is 0.306 e. The van der Waals surface area contributed by atoms with Gasteiger partial charge in [-0.1, -0.05) is 171 Å². The molecule has 0 heterocycles. The zero-order chi connectivity index (χ0) is 31.5. The van der Waals surface area contributed by atoms with Gasteiger partial charge in [0.15, 0.2) is 6.10 Å². The normalized spacial score (nSPS) is 12.9. The molecule has 0 saturated carbocycles. The molecule has 5 heteroatoms. The van der Waals surface area contributed by atoms with Crippen molar-refractivity contribution < 1.29 is 24.2 Å². The number of esters is 2. The average Bonchev–Trinajstić information content (AvgIpc) is 3.01. The van der Waals surface area contributed by atoms with Crippen LogP contribution in [0.1, 0.15) is 149 Å². The van der Waals surface area contributed by atoms with Crippen LogP contribution in [0.5, 0.6) is 0 Å². The highest BCUT2D eigenvalue weighted by atomic mass is 16.6. The second kappa shape index (κ2) is 34.1. The van der Waals surface area contributed by atoms with Crippen molar-refractivity contribution in [3.05, 3.63) is 60.8 Å². The number of hydrogen-bond acceptors (Lipinski definition) is 5. The summed E-state index contributed by atoms with van der Waals surface area (Å²) >= 11 is 0. The first kappa shape index (κ1) is 40.6. The van der Waals surface area contributed by atoms with Crippen LogP contribution in [0, 0.1) is 0 Å². The molecule has 0 rings (SSSR count). The standard InChI is InChI=1S/C38H64O5/c1-3-5-7-9-11-13-15-17-18-19-21-23-25-27-29-31-33-38(41)43-36(34-39)35-42-37(40)32-30-28-26-24-22-20-16-14-12-10-8-6-4-2/h6,8,10,12,14,16,20,22,24,26,36,39H,3-5,7,9,11,13,15,17-19,21,23,25,27-35H2,1-2H3/b8-6+,12-10+,16-14+,22-20+,26-24+. The lowest BCUT2D eigenvalue weighted by atomic mass is 10.0. The van der Waals surface area contributed by atoms with Gasteiger partial charge in [0.05, 0.1) is 6.61 Å². The summed E-state index contributed by atoms with van der Waals surface area (Å²) in [6.07, 6.45) is 42.8. The summed E-state index contributed by atoms with van der Waals surface area (Å²) in [6.45, 7) is 3.91. The van der Waals surface area contributed by atoms with Crippen LogP contribution in [0.4, 0.5) is 0 Å². The molecule has 0 aromatic carbocycles. The van der Waals surface area contributed by atoms with Crippen molar-refractivity contribution in [2.45, 2.75) is 155 Å². The first-order chi connectivity index (χ1) is 21.1. The molecular weight excluding hydrogens is 536 g/mol. The summed E-state index contributed by atoms with van der Waals surface area (Å²) in [4.78, 5) is 24.1. The van der Waals surface area contributed by atoms with E-state index in [2.05, 4.69) is 19.9 Å². The molecule has 1 unspecified atom stereocenters. The second-order valence-electron chi connectivity index (χ2n) is 11.3. The molecule has 0 saturated heterocycles. The van der Waals surface area contributed by atoms with Gasteiger partial charge in [-0.05, 0) is 25.7 Å². The number of allylic oxidation sites excluding steroid dienone is 10. The van der Waals surface area contributed by atoms with Crippen molar-refractivity contribution in [2.75, 3.05) is 13.2 Å². The molecule has 0 aromatic heterocycles. The monoisotopic (exact) mass is 600 g/mol. The Kier molecular flexibility index (Phi) is 32.2. The van der Waals surface area contributed by atoms with E-state index in [1.807, 2.05) is 54.7 Å². The number of carbonyl (C=O) groups excluding carboxylic acids is 2. The van der Waals surface area contributed by atoms with Gasteiger partial charge >= 0.3 is 11.9 Å². The highest BCUT2D eigenvalue weighted by molar-refractivity contribution is 5.70. The van der Waals surface area contributed by atoms with Crippen LogP contribution in [-0.2, 0) is 19.1 Å². The van der Waals surface area contributed by atoms with Crippen LogP contribution < -0.4 is 0 Å². The van der Waals surface area contributed by atoms with Gasteiger partial charge in [0.2, 0.25) is 0 Å². The minimum Gasteiger partial charge on any atom is -0.462 e. The van der Waals surface area contributed by atoms with Gasteiger partial charge in [0, 0.05) is 12.8 Å². The van der Waals surface area contributed by atoms with E-state index < -0.39 is 6.10 Å². The number of aliphatic hydroxyl groups is 1. The third-order valence-electron chi connectivity index (χ3n) is 7.20. The lowest BCUT2D eigenvalue weighted by molar-refractivity contribution is -0.161. The fraction of sp³-hybridized carbons (Fsp3) is 0.684. The minimum atomic E-state index is -0.798. The van der Waals surface area contributed by atoms with Crippen molar-refractivity contribution in [3.63, 3.8) is 0 Å². The molecule has 0 aliphatic rings. The predicted octanol–water partition coefficient (Wildman–Crippen LogP) is 10.4. The number of rotatable bonds is 30. The van der Waals surface area contributed by atoms with Crippen LogP contribution in [0.2, 0.25) is 0 Å². The first-order valence-corrected chi connectivity index (χ1v) is 17.4. The van der Waals surface area contributed by atoms with E-state index in [1.165, 1.54) is 83.5 Å². The molecule has 0 radical (unpaired) electrons. The van der Waals surface area contributed by atoms with Crippen LogP contribution in [0.25, 0.3) is 0 Å². The Morgan fingerprint density at radius 3 is 1.49 bits per heavy atom. The highest BCUT2D eigenvalue weighted by Gasteiger charge is 2.16. The highest BCUT2D eigenvalue weighted by Crippen LogP contribution is 2.14. The average molecular weight is 601 g/mol. The Hall–Kier alpha value is -2.40. The molecule has 246 valence electrons. The summed E-state index contributed by atoms with van der Waals surface area (Å²) in [5, 5.41) is 9.50. The van der Waals surface area contributed by atoms with E-state index >= 15 is 0 Å². The third kappa shape index (κ3) is 32.4. The molecule has 1 N–H and O–H groups in total. The molecule has 0 amide bonds. The van der Waals surface area contributed by atoms with Crippen LogP contribution in [0.15, 0.2) is 60.8 Å². The first-order valence-electron chi connectivity index (χ1n) is 17.4. The van der Waals surface area contributed by atoms with Gasteiger partial charge in [-0.2, -0.15) is 0 Å². The molecule has 1 atom stereocenters. The molecule has 0 spiro atoms. The third-order valence-corrected chi connectivity index (χ3v) is 7.20. The van der Waals surface area contributed by atoms with Crippen molar-refractivity contribution >= 4 is 11.9 Å². The number of hydrogen-bond donors (Lipinski definition) is 1. The van der Waals surface area contributed by atoms with Crippen LogP contribution >= 0.6 is 0 Å². The Bertz CT molecular complexity index is 777. The largest absolute Gasteiger partial charge is 0.462 e. The van der Waals surface area contributed by atoms with E-state index in [0.29, 0.717) is 12.8 Å². The number of ether oxygens (including phenoxy) is 2. The predicted molar refractivity (Wildman–Crippen MR) is 182 cm³/mol. The smallest absolute Gasteiger partial charge is 0.306 e. The van der Waals surface area contributed by atoms with E-state index in [0.717, 1.165) is 32.1 Å². The van der Waals surface area contributed by atoms with E-state index in [9.17, 15) is 14.7 Å². The van der Waals surface area contributed by atoms with Gasteiger partial charge in [-0.25, -0.2) is 0 Å². The summed E-state index contributed by atoms with van der Waals surface area (Å²) < 4.78 is 10.5. The lowest BCUT2D eigenvalue weighted by Crippen LogP contribution is -2.28. The summed E-state index contributed by atoms with van der Waals surface area (Å²) in [5.41, 5.74) is 0. The van der Waals surface area contributed by atoms with Crippen molar-refractivity contribution in [1.82, 2.24) is 0 Å². The minimum absolute atomic E-state index is 0.104. The molecule has 0 aromatic rings. The molecule has 0 fully saturated rings. The van der Waals surface area contributed by atoms with Crippen molar-refractivity contribution in [3.8, 4) is 0 Å². The summed E-state index contributed by atoms with van der Waals surface area (Å²) in [5.74, 6) is -0.680. The quantitative estimate of drug-likeness (QED) is 0.0504. The van der Waals surface area contributed by atoms with Crippen molar-refractivity contribution in [1.29, 1.82) is 0 Å². The SMILES string of the molecule is CC/C=C/C=C/C=C/C=C/C=C/CCCC(=O)OCC(CO)OC(=O)CCCCCCCCCCCCCCCCCC. The fourth-order valence-corrected chi connectivity index (χ4v) is 4.58. The van der Waals surface area contributed by atoms with E-state index in [4.69, 9.17) is 9.47 Å². The Balaban J connectivity index is 3.68. The maximum absolute atomic E-state index is 12.1. The second-order valence-corrected chi connectivity index (χ2v) is 11.3. The molecule has 0 aliphatic carbocycles. The Morgan fingerprint density at radius 1 is 0.558 bits per heavy atom. The zero-order valence-electron chi connectivity index (χ0n) is 27.7. The Labute approximate surface area is 264 Å².